The number of rotatable bonds is 1. The Bertz CT molecular complexity index is 463. The minimum absolute atomic E-state index is 0. The second-order valence-corrected chi connectivity index (χ2v) is 2.54. The van der Waals surface area contributed by atoms with Crippen molar-refractivity contribution in [2.75, 3.05) is 0 Å². The number of hydrogen-bond acceptors (Lipinski definition) is 3. The van der Waals surface area contributed by atoms with Crippen molar-refractivity contribution >= 4 is 0 Å². The van der Waals surface area contributed by atoms with Gasteiger partial charge < -0.3 is 5.21 Å². The van der Waals surface area contributed by atoms with E-state index in [1.165, 1.54) is 0 Å². The van der Waals surface area contributed by atoms with E-state index in [-0.39, 0.29) is 22.8 Å². The molecule has 0 aliphatic rings. The molecule has 2 aromatic rings. The molecule has 0 atom stereocenters. The Hall–Kier alpha value is -1.52. The van der Waals surface area contributed by atoms with E-state index >= 15 is 0 Å². The van der Waals surface area contributed by atoms with Crippen molar-refractivity contribution in [1.82, 2.24) is 15.2 Å². The maximum Gasteiger partial charge on any atom is 0.330 e. The molecule has 0 radical (unpaired) electrons. The predicted octanol–water partition coefficient (Wildman–Crippen LogP) is 0.473. The summed E-state index contributed by atoms with van der Waals surface area (Å²) in [5, 5.41) is 14.7. The average Bonchev–Trinajstić information content (AvgIpc) is 2.49. The number of H-pyrrole nitrogens is 1. The first-order valence-corrected chi connectivity index (χ1v) is 3.71. The molecule has 0 fully saturated rings. The van der Waals surface area contributed by atoms with E-state index in [4.69, 9.17) is 5.21 Å². The summed E-state index contributed by atoms with van der Waals surface area (Å²) in [6.45, 7) is 0. The zero-order chi connectivity index (χ0) is 9.26. The van der Waals surface area contributed by atoms with Crippen molar-refractivity contribution in [2.45, 2.75) is 0 Å². The van der Waals surface area contributed by atoms with Crippen LogP contribution in [-0.4, -0.2) is 20.4 Å². The molecule has 2 rings (SSSR count). The number of nitrogens with one attached hydrogen (secondary N) is 1. The van der Waals surface area contributed by atoms with Crippen LogP contribution in [0.4, 0.5) is 0 Å². The van der Waals surface area contributed by atoms with Crippen LogP contribution in [0.3, 0.4) is 0 Å². The second-order valence-electron chi connectivity index (χ2n) is 2.54. The van der Waals surface area contributed by atoms with Crippen molar-refractivity contribution in [2.24, 2.45) is 0 Å². The van der Waals surface area contributed by atoms with Crippen LogP contribution >= 0.6 is 0 Å². The van der Waals surface area contributed by atoms with Crippen molar-refractivity contribution in [3.05, 3.63) is 40.7 Å². The SMILES string of the molecule is O=c1c(-c2ccccc2)n[nH]n1O.[Fe]. The van der Waals surface area contributed by atoms with Gasteiger partial charge in [-0.25, -0.2) is 0 Å². The number of aromatic nitrogens is 3. The number of aromatic amines is 1. The molecule has 1 heterocycles. The fourth-order valence-electron chi connectivity index (χ4n) is 1.07. The number of benzene rings is 1. The fourth-order valence-corrected chi connectivity index (χ4v) is 1.07. The molecular weight excluding hydrogens is 226 g/mol. The molecule has 1 aromatic heterocycles. The van der Waals surface area contributed by atoms with Gasteiger partial charge in [0.15, 0.2) is 5.69 Å². The second kappa shape index (κ2) is 4.13. The largest absolute Gasteiger partial charge is 0.409 e. The van der Waals surface area contributed by atoms with E-state index in [1.54, 1.807) is 24.3 Å². The predicted molar refractivity (Wildman–Crippen MR) is 45.5 cm³/mol. The van der Waals surface area contributed by atoms with E-state index in [1.807, 2.05) is 6.07 Å². The van der Waals surface area contributed by atoms with Gasteiger partial charge in [-0.1, -0.05) is 35.2 Å². The summed E-state index contributed by atoms with van der Waals surface area (Å²) in [6.07, 6.45) is 0. The third kappa shape index (κ3) is 1.71. The maximum atomic E-state index is 11.2. The summed E-state index contributed by atoms with van der Waals surface area (Å²) >= 11 is 0. The van der Waals surface area contributed by atoms with E-state index in [9.17, 15) is 4.79 Å². The smallest absolute Gasteiger partial charge is 0.330 e. The van der Waals surface area contributed by atoms with E-state index in [2.05, 4.69) is 10.3 Å². The molecule has 0 saturated carbocycles. The Morgan fingerprint density at radius 3 is 2.43 bits per heavy atom. The summed E-state index contributed by atoms with van der Waals surface area (Å²) in [7, 11) is 0. The Kier molecular flexibility index (Phi) is 3.11. The van der Waals surface area contributed by atoms with E-state index < -0.39 is 5.56 Å². The van der Waals surface area contributed by atoms with Crippen LogP contribution < -0.4 is 5.56 Å². The first kappa shape index (κ1) is 10.6. The fraction of sp³-hybridized carbons (Fsp3) is 0. The van der Waals surface area contributed by atoms with E-state index in [0.29, 0.717) is 10.4 Å². The van der Waals surface area contributed by atoms with Crippen LogP contribution in [-0.2, 0) is 17.1 Å². The number of hydrogen-bond donors (Lipinski definition) is 2. The van der Waals surface area contributed by atoms with Gasteiger partial charge in [-0.15, -0.1) is 0 Å². The molecule has 5 nitrogen and oxygen atoms in total. The van der Waals surface area contributed by atoms with Crippen LogP contribution in [0.5, 0.6) is 0 Å². The molecule has 0 unspecified atom stereocenters. The Morgan fingerprint density at radius 1 is 1.29 bits per heavy atom. The summed E-state index contributed by atoms with van der Waals surface area (Å²) in [5.74, 6) is 0. The topological polar surface area (TPSA) is 70.9 Å². The zero-order valence-electron chi connectivity index (χ0n) is 6.99. The zero-order valence-corrected chi connectivity index (χ0v) is 8.09. The minimum Gasteiger partial charge on any atom is -0.409 e. The molecule has 1 aromatic carbocycles. The van der Waals surface area contributed by atoms with Gasteiger partial charge in [0.25, 0.3) is 0 Å². The van der Waals surface area contributed by atoms with Crippen LogP contribution in [0.15, 0.2) is 35.1 Å². The van der Waals surface area contributed by atoms with Crippen molar-refractivity contribution in [1.29, 1.82) is 0 Å². The Balaban J connectivity index is 0.000000980. The molecule has 2 N–H and O–H groups in total. The monoisotopic (exact) mass is 233 g/mol. The maximum absolute atomic E-state index is 11.2. The molecule has 0 amide bonds. The van der Waals surface area contributed by atoms with Crippen molar-refractivity contribution in [3.63, 3.8) is 0 Å². The molecule has 0 aliphatic heterocycles. The minimum atomic E-state index is -0.550. The summed E-state index contributed by atoms with van der Waals surface area (Å²) < 4.78 is 0. The number of nitrogens with zero attached hydrogens (tertiary/aromatic N) is 2. The van der Waals surface area contributed by atoms with Crippen LogP contribution in [0.25, 0.3) is 11.3 Å². The van der Waals surface area contributed by atoms with Gasteiger partial charge in [-0.2, -0.15) is 10.3 Å². The van der Waals surface area contributed by atoms with Gasteiger partial charge in [0.1, 0.15) is 0 Å². The normalized spacial score (nSPS) is 9.43. The van der Waals surface area contributed by atoms with Crippen LogP contribution in [0.2, 0.25) is 0 Å². The van der Waals surface area contributed by atoms with Crippen molar-refractivity contribution in [3.8, 4) is 11.3 Å². The molecule has 0 aliphatic carbocycles. The summed E-state index contributed by atoms with van der Waals surface area (Å²) in [6, 6.07) is 8.93. The molecule has 0 bridgehead atoms. The molecular formula is C8H7FeN3O2. The molecule has 74 valence electrons. The van der Waals surface area contributed by atoms with E-state index in [0.717, 1.165) is 0 Å². The Morgan fingerprint density at radius 2 is 1.93 bits per heavy atom. The molecule has 0 spiro atoms. The first-order chi connectivity index (χ1) is 6.29. The standard InChI is InChI=1S/C8H7N3O2.Fe/c12-8-7(9-10-11(8)13)6-4-2-1-3-5-6;/h1-5,10,13H;. The first-order valence-electron chi connectivity index (χ1n) is 3.71. The molecule has 14 heavy (non-hydrogen) atoms. The third-order valence-electron chi connectivity index (χ3n) is 1.70. The quantitative estimate of drug-likeness (QED) is 0.555. The van der Waals surface area contributed by atoms with Gasteiger partial charge >= 0.3 is 5.56 Å². The van der Waals surface area contributed by atoms with Gasteiger partial charge in [0.05, 0.1) is 0 Å². The summed E-state index contributed by atoms with van der Waals surface area (Å²) in [4.78, 5) is 11.5. The van der Waals surface area contributed by atoms with Gasteiger partial charge in [0, 0.05) is 22.6 Å². The van der Waals surface area contributed by atoms with Gasteiger partial charge in [-0.05, 0) is 0 Å². The molecule has 6 heteroatoms. The van der Waals surface area contributed by atoms with Gasteiger partial charge in [-0.3, -0.25) is 4.79 Å². The van der Waals surface area contributed by atoms with Crippen LogP contribution in [0.1, 0.15) is 0 Å². The third-order valence-corrected chi connectivity index (χ3v) is 1.70. The average molecular weight is 233 g/mol. The summed E-state index contributed by atoms with van der Waals surface area (Å²) in [5.41, 5.74) is 0.339. The van der Waals surface area contributed by atoms with Crippen LogP contribution in [0, 0.1) is 0 Å². The van der Waals surface area contributed by atoms with Gasteiger partial charge in [0.2, 0.25) is 0 Å². The molecule has 0 saturated heterocycles. The Labute approximate surface area is 89.8 Å². The van der Waals surface area contributed by atoms with Crippen molar-refractivity contribution < 1.29 is 22.3 Å².